The zero-order chi connectivity index (χ0) is 16.8. The summed E-state index contributed by atoms with van der Waals surface area (Å²) in [5.41, 5.74) is 0. The van der Waals surface area contributed by atoms with Gasteiger partial charge in [-0.1, -0.05) is 11.6 Å². The maximum atomic E-state index is 12.3. The number of benzene rings is 1. The summed E-state index contributed by atoms with van der Waals surface area (Å²) in [7, 11) is 0. The fraction of sp³-hybridized carbons (Fsp3) is 0.500. The van der Waals surface area contributed by atoms with Crippen LogP contribution >= 0.6 is 23.4 Å². The van der Waals surface area contributed by atoms with Crippen molar-refractivity contribution >= 4 is 35.2 Å². The van der Waals surface area contributed by atoms with Crippen LogP contribution in [0.3, 0.4) is 0 Å². The molecule has 126 valence electrons. The van der Waals surface area contributed by atoms with Crippen molar-refractivity contribution in [1.29, 1.82) is 0 Å². The number of aliphatic carboxylic acids is 1. The Morgan fingerprint density at radius 1 is 1.39 bits per heavy atom. The lowest BCUT2D eigenvalue weighted by Crippen LogP contribution is -2.50. The number of nitrogens with one attached hydrogen (secondary N) is 1. The van der Waals surface area contributed by atoms with Gasteiger partial charge in [-0.3, -0.25) is 4.79 Å². The van der Waals surface area contributed by atoms with Crippen molar-refractivity contribution in [2.24, 2.45) is 5.92 Å². The first-order valence-corrected chi connectivity index (χ1v) is 8.76. The summed E-state index contributed by atoms with van der Waals surface area (Å²) < 4.78 is 5.33. The maximum Gasteiger partial charge on any atom is 0.326 e. The van der Waals surface area contributed by atoms with Gasteiger partial charge in [0.25, 0.3) is 0 Å². The van der Waals surface area contributed by atoms with E-state index in [1.807, 2.05) is 12.1 Å². The zero-order valence-corrected chi connectivity index (χ0v) is 14.4. The third-order valence-corrected chi connectivity index (χ3v) is 5.09. The molecule has 0 bridgehead atoms. The van der Waals surface area contributed by atoms with Crippen LogP contribution in [0.25, 0.3) is 0 Å². The first kappa shape index (κ1) is 18.1. The van der Waals surface area contributed by atoms with E-state index in [4.69, 9.17) is 16.3 Å². The monoisotopic (exact) mass is 357 g/mol. The molecule has 1 aliphatic rings. The Morgan fingerprint density at radius 3 is 2.65 bits per heavy atom. The van der Waals surface area contributed by atoms with Crippen LogP contribution in [0.5, 0.6) is 0 Å². The van der Waals surface area contributed by atoms with Crippen molar-refractivity contribution in [1.82, 2.24) is 5.32 Å². The highest BCUT2D eigenvalue weighted by molar-refractivity contribution is 8.00. The van der Waals surface area contributed by atoms with Crippen LogP contribution in [-0.4, -0.2) is 41.5 Å². The Hall–Kier alpha value is -1.24. The minimum atomic E-state index is -1.02. The number of hydrogen-bond donors (Lipinski definition) is 2. The fourth-order valence-electron chi connectivity index (χ4n) is 2.45. The van der Waals surface area contributed by atoms with E-state index < -0.39 is 17.3 Å². The molecule has 1 aromatic carbocycles. The molecule has 1 heterocycles. The van der Waals surface area contributed by atoms with E-state index in [2.05, 4.69) is 5.32 Å². The molecule has 1 fully saturated rings. The molecule has 1 aliphatic heterocycles. The highest BCUT2D eigenvalue weighted by Crippen LogP contribution is 2.25. The Kier molecular flexibility index (Phi) is 6.74. The lowest BCUT2D eigenvalue weighted by molar-refractivity contribution is -0.145. The molecular formula is C16H20ClNO4S. The lowest BCUT2D eigenvalue weighted by Gasteiger charge is -2.28. The molecule has 0 saturated carbocycles. The number of rotatable bonds is 6. The lowest BCUT2D eigenvalue weighted by atomic mass is 9.93. The summed E-state index contributed by atoms with van der Waals surface area (Å²) in [5, 5.41) is 12.3. The molecular weight excluding hydrogens is 338 g/mol. The second-order valence-electron chi connectivity index (χ2n) is 5.52. The van der Waals surface area contributed by atoms with Crippen molar-refractivity contribution in [3.05, 3.63) is 29.3 Å². The van der Waals surface area contributed by atoms with Gasteiger partial charge in [-0.2, -0.15) is 0 Å². The Balaban J connectivity index is 1.94. The standard InChI is InChI=1S/C16H20ClNO4S/c1-10(23-13-6-4-12(17)5-7-13)15(19)18-14(16(20)21)11-3-2-8-22-9-11/h4-7,10-11,14H,2-3,8-9H2,1H3,(H,18,19)(H,20,21). The number of ether oxygens (including phenoxy) is 1. The molecule has 0 spiro atoms. The van der Waals surface area contributed by atoms with Crippen molar-refractivity contribution < 1.29 is 19.4 Å². The summed E-state index contributed by atoms with van der Waals surface area (Å²) >= 11 is 7.20. The number of carboxylic acid groups (broad SMARTS) is 1. The average Bonchev–Trinajstić information content (AvgIpc) is 2.55. The molecule has 23 heavy (non-hydrogen) atoms. The van der Waals surface area contributed by atoms with Crippen molar-refractivity contribution in [2.45, 2.75) is 36.0 Å². The Labute approximate surface area is 144 Å². The quantitative estimate of drug-likeness (QED) is 0.766. The smallest absolute Gasteiger partial charge is 0.326 e. The Bertz CT molecular complexity index is 546. The molecule has 1 aromatic rings. The topological polar surface area (TPSA) is 75.6 Å². The highest BCUT2D eigenvalue weighted by Gasteiger charge is 2.32. The van der Waals surface area contributed by atoms with E-state index >= 15 is 0 Å². The van der Waals surface area contributed by atoms with Gasteiger partial charge in [0.1, 0.15) is 6.04 Å². The predicted molar refractivity (Wildman–Crippen MR) is 89.9 cm³/mol. The second kappa shape index (κ2) is 8.57. The zero-order valence-electron chi connectivity index (χ0n) is 12.8. The van der Waals surface area contributed by atoms with Crippen LogP contribution in [0.2, 0.25) is 5.02 Å². The van der Waals surface area contributed by atoms with Crippen molar-refractivity contribution in [2.75, 3.05) is 13.2 Å². The van der Waals surface area contributed by atoms with Gasteiger partial charge in [-0.25, -0.2) is 4.79 Å². The predicted octanol–water partition coefficient (Wildman–Crippen LogP) is 2.82. The van der Waals surface area contributed by atoms with Crippen LogP contribution in [-0.2, 0) is 14.3 Å². The minimum Gasteiger partial charge on any atom is -0.480 e. The van der Waals surface area contributed by atoms with E-state index in [1.54, 1.807) is 19.1 Å². The molecule has 1 amide bonds. The molecule has 5 nitrogen and oxygen atoms in total. The number of thioether (sulfide) groups is 1. The number of carbonyl (C=O) groups is 2. The van der Waals surface area contributed by atoms with Crippen molar-refractivity contribution in [3.63, 3.8) is 0 Å². The third kappa shape index (κ3) is 5.41. The van der Waals surface area contributed by atoms with Crippen LogP contribution in [0.4, 0.5) is 0 Å². The van der Waals surface area contributed by atoms with Gasteiger partial charge in [0.2, 0.25) is 5.91 Å². The van der Waals surface area contributed by atoms with E-state index in [1.165, 1.54) is 11.8 Å². The van der Waals surface area contributed by atoms with E-state index in [0.29, 0.717) is 18.2 Å². The molecule has 3 unspecified atom stereocenters. The summed E-state index contributed by atoms with van der Waals surface area (Å²) in [4.78, 5) is 24.7. The van der Waals surface area contributed by atoms with Gasteiger partial charge >= 0.3 is 5.97 Å². The van der Waals surface area contributed by atoms with Crippen LogP contribution in [0, 0.1) is 5.92 Å². The highest BCUT2D eigenvalue weighted by atomic mass is 35.5. The molecule has 0 aromatic heterocycles. The molecule has 2 N–H and O–H groups in total. The summed E-state index contributed by atoms with van der Waals surface area (Å²) in [5.74, 6) is -1.49. The molecule has 2 rings (SSSR count). The van der Waals surface area contributed by atoms with Gasteiger partial charge in [-0.15, -0.1) is 11.8 Å². The second-order valence-corrected chi connectivity index (χ2v) is 7.37. The molecule has 3 atom stereocenters. The molecule has 7 heteroatoms. The average molecular weight is 358 g/mol. The number of hydrogen-bond acceptors (Lipinski definition) is 4. The van der Waals surface area contributed by atoms with Gasteiger partial charge in [0.05, 0.1) is 11.9 Å². The van der Waals surface area contributed by atoms with Gasteiger partial charge in [0.15, 0.2) is 0 Å². The summed E-state index contributed by atoms with van der Waals surface area (Å²) in [6.45, 7) is 2.78. The number of amides is 1. The normalized spacial score (nSPS) is 20.5. The maximum absolute atomic E-state index is 12.3. The number of halogens is 1. The number of carbonyl (C=O) groups excluding carboxylic acids is 1. The first-order valence-electron chi connectivity index (χ1n) is 7.50. The van der Waals surface area contributed by atoms with Gasteiger partial charge < -0.3 is 15.2 Å². The fourth-order valence-corrected chi connectivity index (χ4v) is 3.45. The Morgan fingerprint density at radius 2 is 2.09 bits per heavy atom. The van der Waals surface area contributed by atoms with Gasteiger partial charge in [-0.05, 0) is 44.0 Å². The van der Waals surface area contributed by atoms with Crippen molar-refractivity contribution in [3.8, 4) is 0 Å². The number of carboxylic acids is 1. The van der Waals surface area contributed by atoms with Crippen LogP contribution in [0.15, 0.2) is 29.2 Å². The summed E-state index contributed by atoms with van der Waals surface area (Å²) in [6.07, 6.45) is 1.56. The van der Waals surface area contributed by atoms with Gasteiger partial charge in [0, 0.05) is 22.4 Å². The molecule has 0 radical (unpaired) electrons. The molecule has 0 aliphatic carbocycles. The van der Waals surface area contributed by atoms with E-state index in [9.17, 15) is 14.7 Å². The minimum absolute atomic E-state index is 0.182. The summed E-state index contributed by atoms with van der Waals surface area (Å²) in [6, 6.07) is 6.28. The largest absolute Gasteiger partial charge is 0.480 e. The SMILES string of the molecule is CC(Sc1ccc(Cl)cc1)C(=O)NC(C(=O)O)C1CCCOC1. The van der Waals surface area contributed by atoms with Crippen LogP contribution in [0.1, 0.15) is 19.8 Å². The third-order valence-electron chi connectivity index (χ3n) is 3.73. The molecule has 1 saturated heterocycles. The van der Waals surface area contributed by atoms with E-state index in [0.717, 1.165) is 17.7 Å². The van der Waals surface area contributed by atoms with Crippen LogP contribution < -0.4 is 5.32 Å². The first-order chi connectivity index (χ1) is 11.0. The van der Waals surface area contributed by atoms with E-state index in [-0.39, 0.29) is 11.8 Å².